The molecule has 7 heteroatoms. The summed E-state index contributed by atoms with van der Waals surface area (Å²) in [5, 5.41) is 6.47. The number of aromatic nitrogens is 1. The van der Waals surface area contributed by atoms with E-state index < -0.39 is 0 Å². The van der Waals surface area contributed by atoms with Gasteiger partial charge in [0.05, 0.1) is 18.5 Å². The van der Waals surface area contributed by atoms with E-state index in [1.807, 2.05) is 43.1 Å². The zero-order valence-corrected chi connectivity index (χ0v) is 15.6. The van der Waals surface area contributed by atoms with Gasteiger partial charge in [-0.3, -0.25) is 0 Å². The highest BCUT2D eigenvalue weighted by Crippen LogP contribution is 2.18. The van der Waals surface area contributed by atoms with Crippen molar-refractivity contribution >= 4 is 17.5 Å². The molecular formula is C18H31N5O2. The highest BCUT2D eigenvalue weighted by Gasteiger charge is 2.20. The molecule has 0 spiro atoms. The van der Waals surface area contributed by atoms with Gasteiger partial charge in [0.25, 0.3) is 0 Å². The maximum Gasteiger partial charge on any atom is 0.317 e. The predicted molar refractivity (Wildman–Crippen MR) is 101 cm³/mol. The number of rotatable bonds is 7. The van der Waals surface area contributed by atoms with E-state index in [4.69, 9.17) is 4.74 Å². The van der Waals surface area contributed by atoms with Gasteiger partial charge in [-0.05, 0) is 38.3 Å². The summed E-state index contributed by atoms with van der Waals surface area (Å²) in [5.74, 6) is 0.946. The van der Waals surface area contributed by atoms with Crippen molar-refractivity contribution in [1.82, 2.24) is 15.2 Å². The second kappa shape index (κ2) is 10.1. The van der Waals surface area contributed by atoms with Crippen molar-refractivity contribution in [2.24, 2.45) is 0 Å². The van der Waals surface area contributed by atoms with Crippen LogP contribution in [-0.2, 0) is 4.74 Å². The Morgan fingerprint density at radius 3 is 2.88 bits per heavy atom. The Hall–Kier alpha value is -2.02. The van der Waals surface area contributed by atoms with Crippen molar-refractivity contribution in [3.8, 4) is 0 Å². The van der Waals surface area contributed by atoms with Crippen LogP contribution in [0.15, 0.2) is 18.3 Å². The molecule has 0 aromatic carbocycles. The summed E-state index contributed by atoms with van der Waals surface area (Å²) >= 11 is 0. The van der Waals surface area contributed by atoms with Gasteiger partial charge >= 0.3 is 6.03 Å². The van der Waals surface area contributed by atoms with Crippen LogP contribution in [0.3, 0.4) is 0 Å². The van der Waals surface area contributed by atoms with Crippen LogP contribution in [0, 0.1) is 0 Å². The first-order valence-corrected chi connectivity index (χ1v) is 9.10. The molecule has 0 aliphatic carbocycles. The summed E-state index contributed by atoms with van der Waals surface area (Å²) in [7, 11) is 3.96. The number of urea groups is 1. The average Bonchev–Trinajstić information content (AvgIpc) is 2.85. The van der Waals surface area contributed by atoms with Crippen LogP contribution >= 0.6 is 0 Å². The molecule has 140 valence electrons. The Labute approximate surface area is 150 Å². The number of likely N-dealkylation sites (tertiary alicyclic amines) is 1. The summed E-state index contributed by atoms with van der Waals surface area (Å²) in [6, 6.07) is 4.45. The molecule has 25 heavy (non-hydrogen) atoms. The predicted octanol–water partition coefficient (Wildman–Crippen LogP) is 2.16. The third kappa shape index (κ3) is 6.42. The molecule has 1 saturated heterocycles. The summed E-state index contributed by atoms with van der Waals surface area (Å²) < 4.78 is 5.25. The molecule has 0 radical (unpaired) electrons. The van der Waals surface area contributed by atoms with E-state index in [9.17, 15) is 4.79 Å². The Morgan fingerprint density at radius 1 is 1.36 bits per heavy atom. The fraction of sp³-hybridized carbons (Fsp3) is 0.667. The Balaban J connectivity index is 1.77. The molecule has 1 aliphatic rings. The van der Waals surface area contributed by atoms with E-state index in [-0.39, 0.29) is 6.03 Å². The zero-order chi connectivity index (χ0) is 18.1. The van der Waals surface area contributed by atoms with Crippen molar-refractivity contribution in [2.75, 3.05) is 57.2 Å². The molecular weight excluding hydrogens is 318 g/mol. The monoisotopic (exact) mass is 349 g/mol. The molecule has 2 N–H and O–H groups in total. The SMILES string of the molecule is CCOCCNC(=O)N1CCCC(Nc2ccc(N(C)C)nc2)CC1. The van der Waals surface area contributed by atoms with Crippen LogP contribution in [0.25, 0.3) is 0 Å². The topological polar surface area (TPSA) is 69.7 Å². The van der Waals surface area contributed by atoms with Gasteiger partial charge in [0.1, 0.15) is 5.82 Å². The van der Waals surface area contributed by atoms with Gasteiger partial charge < -0.3 is 25.2 Å². The first-order chi connectivity index (χ1) is 12.1. The minimum absolute atomic E-state index is 0.0114. The second-order valence-electron chi connectivity index (χ2n) is 6.49. The molecule has 2 heterocycles. The van der Waals surface area contributed by atoms with Crippen molar-refractivity contribution in [2.45, 2.75) is 32.2 Å². The molecule has 1 atom stereocenters. The lowest BCUT2D eigenvalue weighted by atomic mass is 10.1. The molecule has 0 saturated carbocycles. The molecule has 7 nitrogen and oxygen atoms in total. The van der Waals surface area contributed by atoms with E-state index in [1.165, 1.54) is 0 Å². The summed E-state index contributed by atoms with van der Waals surface area (Å²) in [5.41, 5.74) is 1.03. The Morgan fingerprint density at radius 2 is 2.20 bits per heavy atom. The largest absolute Gasteiger partial charge is 0.381 e. The molecule has 1 unspecified atom stereocenters. The van der Waals surface area contributed by atoms with E-state index in [1.54, 1.807) is 0 Å². The standard InChI is InChI=1S/C18H31N5O2/c1-4-25-13-10-19-18(24)23-11-5-6-15(9-12-23)21-16-7-8-17(20-14-16)22(2)3/h7-8,14-15,21H,4-6,9-13H2,1-3H3,(H,19,24). The molecule has 1 aromatic heterocycles. The van der Waals surface area contributed by atoms with Gasteiger partial charge in [-0.1, -0.05) is 0 Å². The fourth-order valence-electron chi connectivity index (χ4n) is 2.90. The van der Waals surface area contributed by atoms with Crippen molar-refractivity contribution in [3.05, 3.63) is 18.3 Å². The van der Waals surface area contributed by atoms with Crippen molar-refractivity contribution < 1.29 is 9.53 Å². The molecule has 2 amide bonds. The van der Waals surface area contributed by atoms with Gasteiger partial charge in [-0.25, -0.2) is 9.78 Å². The van der Waals surface area contributed by atoms with Gasteiger partial charge in [0.2, 0.25) is 0 Å². The maximum absolute atomic E-state index is 12.2. The first-order valence-electron chi connectivity index (χ1n) is 9.10. The number of pyridine rings is 1. The average molecular weight is 349 g/mol. The molecule has 2 rings (SSSR count). The number of hydrogen-bond acceptors (Lipinski definition) is 5. The van der Waals surface area contributed by atoms with Crippen LogP contribution in [0.4, 0.5) is 16.3 Å². The number of anilines is 2. The fourth-order valence-corrected chi connectivity index (χ4v) is 2.90. The quantitative estimate of drug-likeness (QED) is 0.738. The lowest BCUT2D eigenvalue weighted by Crippen LogP contribution is -2.42. The van der Waals surface area contributed by atoms with Crippen molar-refractivity contribution in [3.63, 3.8) is 0 Å². The number of ether oxygens (including phenoxy) is 1. The molecule has 1 aromatic rings. The third-order valence-electron chi connectivity index (χ3n) is 4.32. The zero-order valence-electron chi connectivity index (χ0n) is 15.6. The van der Waals surface area contributed by atoms with Gasteiger partial charge in [-0.2, -0.15) is 0 Å². The minimum atomic E-state index is 0.0114. The lowest BCUT2D eigenvalue weighted by Gasteiger charge is -2.21. The number of carbonyl (C=O) groups is 1. The van der Waals surface area contributed by atoms with E-state index in [0.29, 0.717) is 25.8 Å². The number of carbonyl (C=O) groups excluding carboxylic acids is 1. The number of hydrogen-bond donors (Lipinski definition) is 2. The van der Waals surface area contributed by atoms with Crippen LogP contribution in [0.2, 0.25) is 0 Å². The van der Waals surface area contributed by atoms with E-state index in [2.05, 4.69) is 21.7 Å². The van der Waals surface area contributed by atoms with Crippen LogP contribution < -0.4 is 15.5 Å². The number of nitrogens with one attached hydrogen (secondary N) is 2. The summed E-state index contributed by atoms with van der Waals surface area (Å²) in [6.07, 6.45) is 4.87. The third-order valence-corrected chi connectivity index (χ3v) is 4.32. The summed E-state index contributed by atoms with van der Waals surface area (Å²) in [6.45, 7) is 5.33. The smallest absolute Gasteiger partial charge is 0.317 e. The van der Waals surface area contributed by atoms with Crippen molar-refractivity contribution in [1.29, 1.82) is 0 Å². The van der Waals surface area contributed by atoms with Gasteiger partial charge in [-0.15, -0.1) is 0 Å². The van der Waals surface area contributed by atoms with Crippen LogP contribution in [-0.4, -0.2) is 68.9 Å². The van der Waals surface area contributed by atoms with E-state index in [0.717, 1.165) is 43.9 Å². The van der Waals surface area contributed by atoms with Gasteiger partial charge in [0, 0.05) is 46.4 Å². The summed E-state index contributed by atoms with van der Waals surface area (Å²) in [4.78, 5) is 20.5. The van der Waals surface area contributed by atoms with E-state index >= 15 is 0 Å². The molecule has 1 fully saturated rings. The highest BCUT2D eigenvalue weighted by atomic mass is 16.5. The lowest BCUT2D eigenvalue weighted by molar-refractivity contribution is 0.145. The molecule has 0 bridgehead atoms. The second-order valence-corrected chi connectivity index (χ2v) is 6.49. The number of nitrogens with zero attached hydrogens (tertiary/aromatic N) is 3. The highest BCUT2D eigenvalue weighted by molar-refractivity contribution is 5.74. The van der Waals surface area contributed by atoms with Crippen LogP contribution in [0.1, 0.15) is 26.2 Å². The normalized spacial score (nSPS) is 17.7. The van der Waals surface area contributed by atoms with Crippen LogP contribution in [0.5, 0.6) is 0 Å². The maximum atomic E-state index is 12.2. The Bertz CT molecular complexity index is 521. The number of amides is 2. The Kier molecular flexibility index (Phi) is 7.78. The van der Waals surface area contributed by atoms with Gasteiger partial charge in [0.15, 0.2) is 0 Å². The first kappa shape index (κ1) is 19.3. The minimum Gasteiger partial charge on any atom is -0.381 e. The molecule has 1 aliphatic heterocycles.